The molecule has 6 nitrogen and oxygen atoms in total. The lowest BCUT2D eigenvalue weighted by molar-refractivity contribution is -0.121. The maximum absolute atomic E-state index is 12.3. The van der Waals surface area contributed by atoms with Gasteiger partial charge in [0, 0.05) is 18.9 Å². The van der Waals surface area contributed by atoms with Crippen LogP contribution in [-0.4, -0.2) is 27.0 Å². The Bertz CT molecular complexity index is 874. The number of carbonyl (C=O) groups is 1. The topological polar surface area (TPSA) is 76.9 Å². The van der Waals surface area contributed by atoms with Crippen molar-refractivity contribution in [2.24, 2.45) is 0 Å². The second-order valence-electron chi connectivity index (χ2n) is 5.16. The van der Waals surface area contributed by atoms with Crippen molar-refractivity contribution in [3.63, 3.8) is 0 Å². The zero-order chi connectivity index (χ0) is 16.1. The number of aromatic nitrogens is 3. The summed E-state index contributed by atoms with van der Waals surface area (Å²) in [5.41, 5.74) is 1.47. The molecule has 3 rings (SSSR count). The minimum absolute atomic E-state index is 0.0380. The molecule has 2 aromatic heterocycles. The van der Waals surface area contributed by atoms with Gasteiger partial charge in [-0.3, -0.25) is 19.1 Å². The van der Waals surface area contributed by atoms with Crippen LogP contribution in [0.3, 0.4) is 0 Å². The van der Waals surface area contributed by atoms with E-state index >= 15 is 0 Å². The minimum Gasteiger partial charge on any atom is -0.354 e. The van der Waals surface area contributed by atoms with Gasteiger partial charge in [0.15, 0.2) is 0 Å². The molecule has 1 N–H and O–H groups in total. The van der Waals surface area contributed by atoms with Crippen molar-refractivity contribution in [3.8, 4) is 0 Å². The van der Waals surface area contributed by atoms with E-state index in [-0.39, 0.29) is 18.0 Å². The van der Waals surface area contributed by atoms with Crippen molar-refractivity contribution in [3.05, 3.63) is 71.0 Å². The van der Waals surface area contributed by atoms with Crippen molar-refractivity contribution < 1.29 is 4.79 Å². The quantitative estimate of drug-likeness (QED) is 0.767. The molecule has 0 spiro atoms. The Kier molecular flexibility index (Phi) is 4.42. The molecule has 0 radical (unpaired) electrons. The first-order valence-electron chi connectivity index (χ1n) is 7.34. The molecule has 0 saturated carbocycles. The summed E-state index contributed by atoms with van der Waals surface area (Å²) in [4.78, 5) is 32.5. The van der Waals surface area contributed by atoms with E-state index < -0.39 is 0 Å². The monoisotopic (exact) mass is 308 g/mol. The van der Waals surface area contributed by atoms with E-state index in [0.29, 0.717) is 23.9 Å². The molecule has 3 aromatic rings. The summed E-state index contributed by atoms with van der Waals surface area (Å²) in [5.74, 6) is -0.215. The van der Waals surface area contributed by atoms with Crippen LogP contribution in [0.15, 0.2) is 59.9 Å². The lowest BCUT2D eigenvalue weighted by Crippen LogP contribution is -2.33. The molecule has 0 unspecified atom stereocenters. The van der Waals surface area contributed by atoms with Gasteiger partial charge in [-0.25, -0.2) is 4.98 Å². The van der Waals surface area contributed by atoms with Gasteiger partial charge in [-0.2, -0.15) is 0 Å². The predicted molar refractivity (Wildman–Crippen MR) is 87.0 cm³/mol. The fraction of sp³-hybridized carbons (Fsp3) is 0.176. The van der Waals surface area contributed by atoms with Gasteiger partial charge in [-0.1, -0.05) is 18.2 Å². The van der Waals surface area contributed by atoms with E-state index in [9.17, 15) is 9.59 Å². The van der Waals surface area contributed by atoms with Gasteiger partial charge in [0.05, 0.1) is 17.2 Å². The molecule has 6 heteroatoms. The van der Waals surface area contributed by atoms with Crippen LogP contribution in [0.1, 0.15) is 5.56 Å². The third-order valence-corrected chi connectivity index (χ3v) is 3.50. The molecule has 116 valence electrons. The first-order valence-corrected chi connectivity index (χ1v) is 7.34. The van der Waals surface area contributed by atoms with Crippen LogP contribution in [0.4, 0.5) is 0 Å². The number of fused-ring (bicyclic) bond motifs is 1. The molecule has 1 amide bonds. The Hall–Kier alpha value is -3.02. The smallest absolute Gasteiger partial charge is 0.261 e. The van der Waals surface area contributed by atoms with Crippen molar-refractivity contribution in [1.82, 2.24) is 19.9 Å². The number of nitrogens with one attached hydrogen (secondary N) is 1. The molecule has 0 aliphatic heterocycles. The molecule has 0 saturated heterocycles. The lowest BCUT2D eigenvalue weighted by Gasteiger charge is -2.08. The summed E-state index contributed by atoms with van der Waals surface area (Å²) < 4.78 is 1.32. The summed E-state index contributed by atoms with van der Waals surface area (Å²) in [6.45, 7) is 0.462. The third-order valence-electron chi connectivity index (χ3n) is 3.50. The summed E-state index contributed by atoms with van der Waals surface area (Å²) in [5, 5.41) is 3.31. The number of nitrogens with zero attached hydrogens (tertiary/aromatic N) is 3. The Labute approximate surface area is 132 Å². The average Bonchev–Trinajstić information content (AvgIpc) is 2.59. The van der Waals surface area contributed by atoms with E-state index in [1.165, 1.54) is 10.9 Å². The number of hydrogen-bond donors (Lipinski definition) is 1. The van der Waals surface area contributed by atoms with Crippen LogP contribution in [0, 0.1) is 0 Å². The number of amides is 1. The van der Waals surface area contributed by atoms with E-state index in [4.69, 9.17) is 0 Å². The molecule has 0 atom stereocenters. The molecule has 2 heterocycles. The lowest BCUT2D eigenvalue weighted by atomic mass is 10.2. The van der Waals surface area contributed by atoms with Crippen LogP contribution in [0.2, 0.25) is 0 Å². The fourth-order valence-electron chi connectivity index (χ4n) is 2.32. The number of rotatable bonds is 5. The molecule has 23 heavy (non-hydrogen) atoms. The molecule has 0 aliphatic rings. The van der Waals surface area contributed by atoms with Crippen LogP contribution in [0.5, 0.6) is 0 Å². The summed E-state index contributed by atoms with van der Waals surface area (Å²) >= 11 is 0. The summed E-state index contributed by atoms with van der Waals surface area (Å²) in [7, 11) is 0. The highest BCUT2D eigenvalue weighted by Gasteiger charge is 2.07. The number of hydrogen-bond acceptors (Lipinski definition) is 4. The predicted octanol–water partition coefficient (Wildman–Crippen LogP) is 1.15. The number of benzene rings is 1. The van der Waals surface area contributed by atoms with Gasteiger partial charge < -0.3 is 5.32 Å². The molecule has 1 aromatic carbocycles. The fourth-order valence-corrected chi connectivity index (χ4v) is 2.32. The van der Waals surface area contributed by atoms with E-state index in [2.05, 4.69) is 15.3 Å². The Balaban J connectivity index is 1.62. The van der Waals surface area contributed by atoms with Gasteiger partial charge in [-0.15, -0.1) is 0 Å². The summed E-state index contributed by atoms with van der Waals surface area (Å²) in [6.07, 6.45) is 5.58. The van der Waals surface area contributed by atoms with E-state index in [0.717, 1.165) is 5.56 Å². The third kappa shape index (κ3) is 3.60. The maximum Gasteiger partial charge on any atom is 0.261 e. The Morgan fingerprint density at radius 1 is 1.17 bits per heavy atom. The zero-order valence-corrected chi connectivity index (χ0v) is 12.5. The number of pyridine rings is 1. The van der Waals surface area contributed by atoms with E-state index in [1.807, 2.05) is 18.2 Å². The highest BCUT2D eigenvalue weighted by atomic mass is 16.2. The van der Waals surface area contributed by atoms with Crippen LogP contribution < -0.4 is 10.9 Å². The molecule has 0 aliphatic carbocycles. The average molecular weight is 308 g/mol. The largest absolute Gasteiger partial charge is 0.354 e. The Morgan fingerprint density at radius 2 is 2.04 bits per heavy atom. The van der Waals surface area contributed by atoms with Gasteiger partial charge in [0.1, 0.15) is 6.54 Å². The van der Waals surface area contributed by atoms with Gasteiger partial charge in [0.25, 0.3) is 5.56 Å². The first-order chi connectivity index (χ1) is 11.2. The zero-order valence-electron chi connectivity index (χ0n) is 12.5. The summed E-state index contributed by atoms with van der Waals surface area (Å²) in [6, 6.07) is 10.9. The minimum atomic E-state index is -0.215. The highest BCUT2D eigenvalue weighted by molar-refractivity contribution is 5.78. The van der Waals surface area contributed by atoms with E-state index in [1.54, 1.807) is 30.6 Å². The number of para-hydroxylation sites is 1. The SMILES string of the molecule is O=C(Cn1cnc2ccccc2c1=O)NCCc1cccnc1. The van der Waals surface area contributed by atoms with Gasteiger partial charge in [0.2, 0.25) is 5.91 Å². The second-order valence-corrected chi connectivity index (χ2v) is 5.16. The first kappa shape index (κ1) is 14.9. The van der Waals surface area contributed by atoms with Crippen molar-refractivity contribution in [2.75, 3.05) is 6.54 Å². The highest BCUT2D eigenvalue weighted by Crippen LogP contribution is 2.04. The normalized spacial score (nSPS) is 10.6. The molecular formula is C17H16N4O2. The second kappa shape index (κ2) is 6.83. The van der Waals surface area contributed by atoms with Gasteiger partial charge >= 0.3 is 0 Å². The van der Waals surface area contributed by atoms with Gasteiger partial charge in [-0.05, 0) is 30.2 Å². The van der Waals surface area contributed by atoms with Crippen LogP contribution >= 0.6 is 0 Å². The van der Waals surface area contributed by atoms with Crippen molar-refractivity contribution in [1.29, 1.82) is 0 Å². The maximum atomic E-state index is 12.3. The molecular weight excluding hydrogens is 292 g/mol. The molecule has 0 bridgehead atoms. The van der Waals surface area contributed by atoms with Crippen LogP contribution in [0.25, 0.3) is 10.9 Å². The number of carbonyl (C=O) groups excluding carboxylic acids is 1. The van der Waals surface area contributed by atoms with Crippen molar-refractivity contribution in [2.45, 2.75) is 13.0 Å². The Morgan fingerprint density at radius 3 is 2.87 bits per heavy atom. The van der Waals surface area contributed by atoms with Crippen LogP contribution in [-0.2, 0) is 17.8 Å². The van der Waals surface area contributed by atoms with Crippen molar-refractivity contribution >= 4 is 16.8 Å². The standard InChI is InChI=1S/C17H16N4O2/c22-16(19-9-7-13-4-3-8-18-10-13)11-21-12-20-15-6-2-1-5-14(15)17(21)23/h1-6,8,10,12H,7,9,11H2,(H,19,22). The molecule has 0 fully saturated rings.